The largest absolute Gasteiger partial charge is 0.349 e. The summed E-state index contributed by atoms with van der Waals surface area (Å²) < 4.78 is 14.6. The van der Waals surface area contributed by atoms with E-state index in [0.717, 1.165) is 25.7 Å². The van der Waals surface area contributed by atoms with E-state index in [1.54, 1.807) is 48.7 Å². The second-order valence-electron chi connectivity index (χ2n) is 7.08. The summed E-state index contributed by atoms with van der Waals surface area (Å²) in [5.41, 5.74) is 1.69. The van der Waals surface area contributed by atoms with Gasteiger partial charge in [0.25, 0.3) is 11.8 Å². The van der Waals surface area contributed by atoms with E-state index in [1.807, 2.05) is 0 Å². The summed E-state index contributed by atoms with van der Waals surface area (Å²) in [6.07, 6.45) is 5.85. The van der Waals surface area contributed by atoms with Crippen LogP contribution in [0.5, 0.6) is 0 Å². The Hall–Kier alpha value is -3.48. The minimum Gasteiger partial charge on any atom is -0.349 e. The van der Waals surface area contributed by atoms with Crippen LogP contribution in [0.3, 0.4) is 0 Å². The average Bonchev–Trinajstić information content (AvgIpc) is 3.41. The summed E-state index contributed by atoms with van der Waals surface area (Å²) in [5, 5.41) is 10.1. The number of halogens is 1. The highest BCUT2D eigenvalue weighted by Gasteiger charge is 2.20. The number of para-hydroxylation sites is 1. The van der Waals surface area contributed by atoms with Gasteiger partial charge in [0.1, 0.15) is 5.82 Å². The van der Waals surface area contributed by atoms with Gasteiger partial charge in [-0.3, -0.25) is 9.59 Å². The number of anilines is 1. The van der Waals surface area contributed by atoms with Crippen molar-refractivity contribution in [1.82, 2.24) is 15.1 Å². The lowest BCUT2D eigenvalue weighted by atomic mass is 10.1. The van der Waals surface area contributed by atoms with Crippen molar-refractivity contribution in [3.8, 4) is 5.69 Å². The third-order valence-electron chi connectivity index (χ3n) is 5.02. The van der Waals surface area contributed by atoms with E-state index >= 15 is 0 Å². The lowest BCUT2D eigenvalue weighted by Crippen LogP contribution is -2.33. The molecule has 148 valence electrons. The minimum absolute atomic E-state index is 0.190. The molecule has 1 heterocycles. The van der Waals surface area contributed by atoms with Gasteiger partial charge in [-0.1, -0.05) is 25.0 Å². The van der Waals surface area contributed by atoms with Crippen LogP contribution in [0.4, 0.5) is 10.1 Å². The molecule has 2 N–H and O–H groups in total. The van der Waals surface area contributed by atoms with Gasteiger partial charge in [-0.25, -0.2) is 9.07 Å². The first-order chi connectivity index (χ1) is 14.1. The lowest BCUT2D eigenvalue weighted by molar-refractivity contribution is 0.0938. The van der Waals surface area contributed by atoms with Crippen molar-refractivity contribution in [2.45, 2.75) is 31.7 Å². The van der Waals surface area contributed by atoms with Gasteiger partial charge in [0.2, 0.25) is 0 Å². The fourth-order valence-electron chi connectivity index (χ4n) is 3.49. The molecule has 2 amide bonds. The standard InChI is InChI=1S/C22H21FN4O2/c23-15-9-11-17(12-10-15)27-14-13-20(26-27)22(29)25-19-8-4-3-7-18(19)21(28)24-16-5-1-2-6-16/h3-4,7-14,16H,1-2,5-6H2,(H,24,28)(H,25,29). The summed E-state index contributed by atoms with van der Waals surface area (Å²) in [6.45, 7) is 0. The Bertz CT molecular complexity index is 1020. The predicted molar refractivity (Wildman–Crippen MR) is 108 cm³/mol. The predicted octanol–water partition coefficient (Wildman–Crippen LogP) is 3.94. The van der Waals surface area contributed by atoms with Crippen molar-refractivity contribution >= 4 is 17.5 Å². The molecule has 1 aliphatic rings. The molecule has 1 aliphatic carbocycles. The van der Waals surface area contributed by atoms with Crippen LogP contribution in [0, 0.1) is 5.82 Å². The number of carbonyl (C=O) groups excluding carboxylic acids is 2. The molecule has 1 aromatic heterocycles. The molecule has 4 rings (SSSR count). The number of hydrogen-bond acceptors (Lipinski definition) is 3. The summed E-state index contributed by atoms with van der Waals surface area (Å²) >= 11 is 0. The van der Waals surface area contributed by atoms with E-state index < -0.39 is 5.91 Å². The second-order valence-corrected chi connectivity index (χ2v) is 7.08. The highest BCUT2D eigenvalue weighted by atomic mass is 19.1. The number of hydrogen-bond donors (Lipinski definition) is 2. The van der Waals surface area contributed by atoms with Crippen molar-refractivity contribution in [3.05, 3.63) is 77.9 Å². The van der Waals surface area contributed by atoms with Gasteiger partial charge in [0, 0.05) is 12.2 Å². The summed E-state index contributed by atoms with van der Waals surface area (Å²) in [5.74, 6) is -0.956. The van der Waals surface area contributed by atoms with Gasteiger partial charge in [0.05, 0.1) is 16.9 Å². The van der Waals surface area contributed by atoms with E-state index in [1.165, 1.54) is 16.8 Å². The molecular formula is C22H21FN4O2. The van der Waals surface area contributed by atoms with E-state index in [9.17, 15) is 14.0 Å². The van der Waals surface area contributed by atoms with Crippen LogP contribution in [0.25, 0.3) is 5.69 Å². The van der Waals surface area contributed by atoms with Crippen LogP contribution in [0.2, 0.25) is 0 Å². The number of nitrogens with one attached hydrogen (secondary N) is 2. The van der Waals surface area contributed by atoms with Crippen molar-refractivity contribution in [2.75, 3.05) is 5.32 Å². The zero-order valence-electron chi connectivity index (χ0n) is 15.8. The number of rotatable bonds is 5. The highest BCUT2D eigenvalue weighted by Crippen LogP contribution is 2.21. The number of carbonyl (C=O) groups is 2. The number of benzene rings is 2. The van der Waals surface area contributed by atoms with E-state index in [0.29, 0.717) is 16.9 Å². The van der Waals surface area contributed by atoms with Gasteiger partial charge in [-0.15, -0.1) is 0 Å². The Morgan fingerprint density at radius 3 is 2.45 bits per heavy atom. The molecule has 1 fully saturated rings. The fraction of sp³-hybridized carbons (Fsp3) is 0.227. The van der Waals surface area contributed by atoms with Crippen LogP contribution in [0.1, 0.15) is 46.5 Å². The number of nitrogens with zero attached hydrogens (tertiary/aromatic N) is 2. The van der Waals surface area contributed by atoms with E-state index in [4.69, 9.17) is 0 Å². The Morgan fingerprint density at radius 1 is 0.966 bits per heavy atom. The number of amides is 2. The highest BCUT2D eigenvalue weighted by molar-refractivity contribution is 6.08. The maximum Gasteiger partial charge on any atom is 0.276 e. The van der Waals surface area contributed by atoms with Crippen LogP contribution in [0.15, 0.2) is 60.8 Å². The number of aromatic nitrogens is 2. The maximum atomic E-state index is 13.1. The summed E-state index contributed by atoms with van der Waals surface area (Å²) in [7, 11) is 0. The molecule has 0 radical (unpaired) electrons. The molecule has 0 bridgehead atoms. The summed E-state index contributed by atoms with van der Waals surface area (Å²) in [4.78, 5) is 25.3. The molecule has 29 heavy (non-hydrogen) atoms. The monoisotopic (exact) mass is 392 g/mol. The molecule has 7 heteroatoms. The van der Waals surface area contributed by atoms with Gasteiger partial charge < -0.3 is 10.6 Å². The minimum atomic E-state index is -0.424. The van der Waals surface area contributed by atoms with Crippen molar-refractivity contribution in [3.63, 3.8) is 0 Å². The van der Waals surface area contributed by atoms with Crippen molar-refractivity contribution in [1.29, 1.82) is 0 Å². The first-order valence-corrected chi connectivity index (χ1v) is 9.63. The molecule has 0 aliphatic heterocycles. The Balaban J connectivity index is 1.49. The van der Waals surface area contributed by atoms with E-state index in [2.05, 4.69) is 15.7 Å². The SMILES string of the molecule is O=C(Nc1ccccc1C(=O)NC1CCCC1)c1ccn(-c2ccc(F)cc2)n1. The van der Waals surface area contributed by atoms with Crippen molar-refractivity contribution < 1.29 is 14.0 Å². The van der Waals surface area contributed by atoms with E-state index in [-0.39, 0.29) is 23.5 Å². The fourth-order valence-corrected chi connectivity index (χ4v) is 3.49. The molecule has 6 nitrogen and oxygen atoms in total. The van der Waals surface area contributed by atoms with Gasteiger partial charge in [-0.2, -0.15) is 5.10 Å². The van der Waals surface area contributed by atoms with Gasteiger partial charge in [-0.05, 0) is 55.3 Å². The molecule has 1 saturated carbocycles. The maximum absolute atomic E-state index is 13.1. The molecule has 0 saturated heterocycles. The first-order valence-electron chi connectivity index (χ1n) is 9.63. The Kier molecular flexibility index (Phi) is 5.37. The molecule has 0 spiro atoms. The third kappa shape index (κ3) is 4.34. The van der Waals surface area contributed by atoms with Crippen molar-refractivity contribution in [2.24, 2.45) is 0 Å². The molecule has 3 aromatic rings. The lowest BCUT2D eigenvalue weighted by Gasteiger charge is -2.14. The van der Waals surface area contributed by atoms with Crippen LogP contribution in [-0.2, 0) is 0 Å². The normalized spacial score (nSPS) is 14.0. The van der Waals surface area contributed by atoms with Gasteiger partial charge >= 0.3 is 0 Å². The van der Waals surface area contributed by atoms with Crippen LogP contribution in [-0.4, -0.2) is 27.6 Å². The zero-order chi connectivity index (χ0) is 20.2. The molecule has 0 unspecified atom stereocenters. The van der Waals surface area contributed by atoms with Gasteiger partial charge in [0.15, 0.2) is 5.69 Å². The summed E-state index contributed by atoms with van der Waals surface area (Å²) in [6, 6.07) is 14.5. The zero-order valence-corrected chi connectivity index (χ0v) is 15.8. The van der Waals surface area contributed by atoms with Crippen LogP contribution >= 0.6 is 0 Å². The second kappa shape index (κ2) is 8.26. The molecule has 2 aromatic carbocycles. The smallest absolute Gasteiger partial charge is 0.276 e. The molecule has 0 atom stereocenters. The quantitative estimate of drug-likeness (QED) is 0.691. The average molecular weight is 392 g/mol. The Labute approximate surface area is 167 Å². The Morgan fingerprint density at radius 2 is 1.69 bits per heavy atom. The topological polar surface area (TPSA) is 76.0 Å². The first kappa shape index (κ1) is 18.9. The third-order valence-corrected chi connectivity index (χ3v) is 5.02. The molecular weight excluding hydrogens is 371 g/mol. The van der Waals surface area contributed by atoms with Crippen LogP contribution < -0.4 is 10.6 Å².